The van der Waals surface area contributed by atoms with Crippen LogP contribution in [0.1, 0.15) is 26.2 Å². The highest BCUT2D eigenvalue weighted by atomic mass is 16.6. The van der Waals surface area contributed by atoms with E-state index >= 15 is 0 Å². The average Bonchev–Trinajstić information content (AvgIpc) is 3.07. The number of benzene rings is 1. The van der Waals surface area contributed by atoms with Crippen LogP contribution in [0.3, 0.4) is 0 Å². The first-order chi connectivity index (χ1) is 14.9. The van der Waals surface area contributed by atoms with Crippen LogP contribution in [-0.2, 0) is 16.1 Å². The maximum absolute atomic E-state index is 12.5. The van der Waals surface area contributed by atoms with Crippen molar-refractivity contribution in [1.82, 2.24) is 19.7 Å². The third-order valence-corrected chi connectivity index (χ3v) is 5.30. The minimum Gasteiger partial charge on any atom is -0.407 e. The van der Waals surface area contributed by atoms with Gasteiger partial charge < -0.3 is 14.6 Å². The Hall–Kier alpha value is -3.21. The lowest BCUT2D eigenvalue weighted by Gasteiger charge is -2.34. The number of non-ortho nitro benzene ring substituents is 1. The van der Waals surface area contributed by atoms with Crippen molar-refractivity contribution >= 4 is 28.6 Å². The number of carbonyl (C=O) groups excluding carboxylic acids is 2. The summed E-state index contributed by atoms with van der Waals surface area (Å²) in [4.78, 5) is 50.5. The van der Waals surface area contributed by atoms with E-state index in [0.717, 1.165) is 6.42 Å². The molecule has 0 unspecified atom stereocenters. The average molecular weight is 433 g/mol. The van der Waals surface area contributed by atoms with Gasteiger partial charge in [0.1, 0.15) is 0 Å². The Balaban J connectivity index is 1.47. The maximum Gasteiger partial charge on any atom is 0.419 e. The number of aryl methyl sites for hydroxylation is 1. The number of hydrogen-bond acceptors (Lipinski definition) is 7. The van der Waals surface area contributed by atoms with Gasteiger partial charge in [-0.1, -0.05) is 6.92 Å². The van der Waals surface area contributed by atoms with Crippen LogP contribution in [0.15, 0.2) is 27.4 Å². The Bertz CT molecular complexity index is 1010. The number of nitro benzene ring substituents is 1. The lowest BCUT2D eigenvalue weighted by Crippen LogP contribution is -2.51. The third kappa shape index (κ3) is 5.69. The number of amides is 2. The van der Waals surface area contributed by atoms with Crippen molar-refractivity contribution < 1.29 is 18.9 Å². The standard InChI is InChI=1S/C20H27N5O6/c1-2-7-21-18(26)14-22-9-11-23(12-10-22)19(27)4-3-8-24-16-6-5-15(25(29)30)13-17(16)31-20(24)28/h5-6,13H,2-4,7-12,14H2,1H3,(H,21,26). The molecule has 11 nitrogen and oxygen atoms in total. The van der Waals surface area contributed by atoms with Gasteiger partial charge in [0, 0.05) is 51.8 Å². The zero-order valence-corrected chi connectivity index (χ0v) is 17.5. The number of carbonyl (C=O) groups is 2. The highest BCUT2D eigenvalue weighted by Crippen LogP contribution is 2.20. The smallest absolute Gasteiger partial charge is 0.407 e. The molecule has 0 aliphatic carbocycles. The Morgan fingerprint density at radius 2 is 1.97 bits per heavy atom. The van der Waals surface area contributed by atoms with Gasteiger partial charge in [0.05, 0.1) is 23.1 Å². The SMILES string of the molecule is CCCNC(=O)CN1CCN(C(=O)CCCn2c(=O)oc3cc([N+](=O)[O-])ccc32)CC1. The number of aromatic nitrogens is 1. The molecule has 1 saturated heterocycles. The van der Waals surface area contributed by atoms with E-state index in [1.165, 1.54) is 22.8 Å². The fraction of sp³-hybridized carbons (Fsp3) is 0.550. The topological polar surface area (TPSA) is 131 Å². The monoisotopic (exact) mass is 433 g/mol. The molecule has 2 aromatic rings. The van der Waals surface area contributed by atoms with Crippen LogP contribution >= 0.6 is 0 Å². The zero-order chi connectivity index (χ0) is 22.4. The summed E-state index contributed by atoms with van der Waals surface area (Å²) in [6.07, 6.45) is 1.63. The highest BCUT2D eigenvalue weighted by molar-refractivity contribution is 5.78. The van der Waals surface area contributed by atoms with Crippen LogP contribution in [0.5, 0.6) is 0 Å². The summed E-state index contributed by atoms with van der Waals surface area (Å²) in [5.74, 6) is -0.589. The van der Waals surface area contributed by atoms with E-state index in [-0.39, 0.29) is 36.1 Å². The summed E-state index contributed by atoms with van der Waals surface area (Å²) in [5, 5.41) is 13.7. The van der Waals surface area contributed by atoms with Crippen molar-refractivity contribution in [2.24, 2.45) is 0 Å². The maximum atomic E-state index is 12.5. The van der Waals surface area contributed by atoms with Gasteiger partial charge in [0.25, 0.3) is 5.69 Å². The molecule has 3 rings (SSSR count). The number of rotatable bonds is 9. The third-order valence-electron chi connectivity index (χ3n) is 5.30. The summed E-state index contributed by atoms with van der Waals surface area (Å²) in [5.41, 5.74) is 0.480. The summed E-state index contributed by atoms with van der Waals surface area (Å²) in [6, 6.07) is 4.03. The number of fused-ring (bicyclic) bond motifs is 1. The molecule has 11 heteroatoms. The van der Waals surface area contributed by atoms with Gasteiger partial charge >= 0.3 is 5.76 Å². The number of hydrogen-bond donors (Lipinski definition) is 1. The van der Waals surface area contributed by atoms with Crippen LogP contribution in [0.4, 0.5) is 5.69 Å². The highest BCUT2D eigenvalue weighted by Gasteiger charge is 2.22. The van der Waals surface area contributed by atoms with Crippen LogP contribution in [0, 0.1) is 10.1 Å². The minimum absolute atomic E-state index is 0.00439. The van der Waals surface area contributed by atoms with Crippen LogP contribution in [-0.4, -0.2) is 70.4 Å². The fourth-order valence-corrected chi connectivity index (χ4v) is 3.61. The van der Waals surface area contributed by atoms with Crippen molar-refractivity contribution in [2.45, 2.75) is 32.7 Å². The second-order valence-corrected chi connectivity index (χ2v) is 7.54. The molecule has 168 valence electrons. The van der Waals surface area contributed by atoms with Gasteiger partial charge in [0.2, 0.25) is 11.8 Å². The van der Waals surface area contributed by atoms with Crippen molar-refractivity contribution in [3.05, 3.63) is 38.9 Å². The quantitative estimate of drug-likeness (QED) is 0.460. The van der Waals surface area contributed by atoms with E-state index in [1.54, 1.807) is 4.90 Å². The largest absolute Gasteiger partial charge is 0.419 e. The van der Waals surface area contributed by atoms with E-state index in [2.05, 4.69) is 5.32 Å². The fourth-order valence-electron chi connectivity index (χ4n) is 3.61. The molecule has 1 N–H and O–H groups in total. The first-order valence-corrected chi connectivity index (χ1v) is 10.4. The molecule has 0 spiro atoms. The normalized spacial score (nSPS) is 14.7. The predicted molar refractivity (Wildman–Crippen MR) is 113 cm³/mol. The predicted octanol–water partition coefficient (Wildman–Crippen LogP) is 0.953. The Morgan fingerprint density at radius 3 is 2.65 bits per heavy atom. The molecule has 1 aliphatic rings. The van der Waals surface area contributed by atoms with Gasteiger partial charge in [-0.25, -0.2) is 4.79 Å². The summed E-state index contributed by atoms with van der Waals surface area (Å²) in [7, 11) is 0. The van der Waals surface area contributed by atoms with Gasteiger partial charge in [-0.3, -0.25) is 29.2 Å². The Kier molecular flexibility index (Phi) is 7.40. The number of nitrogens with one attached hydrogen (secondary N) is 1. The lowest BCUT2D eigenvalue weighted by atomic mass is 10.2. The number of oxazole rings is 1. The second kappa shape index (κ2) is 10.2. The van der Waals surface area contributed by atoms with Crippen LogP contribution in [0.2, 0.25) is 0 Å². The van der Waals surface area contributed by atoms with Crippen molar-refractivity contribution in [2.75, 3.05) is 39.3 Å². The molecule has 31 heavy (non-hydrogen) atoms. The van der Waals surface area contributed by atoms with Crippen LogP contribution < -0.4 is 11.1 Å². The van der Waals surface area contributed by atoms with Crippen molar-refractivity contribution in [1.29, 1.82) is 0 Å². The van der Waals surface area contributed by atoms with E-state index in [1.807, 2.05) is 11.8 Å². The molecule has 0 atom stereocenters. The van der Waals surface area contributed by atoms with E-state index < -0.39 is 10.7 Å². The molecule has 0 bridgehead atoms. The number of nitrogens with zero attached hydrogens (tertiary/aromatic N) is 4. The minimum atomic E-state index is -0.599. The van der Waals surface area contributed by atoms with Gasteiger partial charge in [-0.15, -0.1) is 0 Å². The molecule has 2 amide bonds. The van der Waals surface area contributed by atoms with Crippen LogP contribution in [0.25, 0.3) is 11.1 Å². The molecular formula is C20H27N5O6. The number of piperazine rings is 1. The summed E-state index contributed by atoms with van der Waals surface area (Å²) in [6.45, 7) is 5.73. The molecule has 1 aromatic carbocycles. The van der Waals surface area contributed by atoms with Gasteiger partial charge in [-0.2, -0.15) is 0 Å². The molecule has 0 radical (unpaired) electrons. The Morgan fingerprint density at radius 1 is 1.23 bits per heavy atom. The zero-order valence-electron chi connectivity index (χ0n) is 17.5. The summed E-state index contributed by atoms with van der Waals surface area (Å²) >= 11 is 0. The summed E-state index contributed by atoms with van der Waals surface area (Å²) < 4.78 is 6.49. The molecule has 1 fully saturated rings. The van der Waals surface area contributed by atoms with Crippen molar-refractivity contribution in [3.8, 4) is 0 Å². The molecule has 0 saturated carbocycles. The van der Waals surface area contributed by atoms with Crippen molar-refractivity contribution in [3.63, 3.8) is 0 Å². The first kappa shape index (κ1) is 22.5. The van der Waals surface area contributed by atoms with Gasteiger partial charge in [-0.05, 0) is 18.9 Å². The molecular weight excluding hydrogens is 406 g/mol. The second-order valence-electron chi connectivity index (χ2n) is 7.54. The van der Waals surface area contributed by atoms with E-state index in [4.69, 9.17) is 4.42 Å². The first-order valence-electron chi connectivity index (χ1n) is 10.4. The Labute approximate surface area is 178 Å². The lowest BCUT2D eigenvalue weighted by molar-refractivity contribution is -0.384. The molecule has 1 aromatic heterocycles. The number of nitro groups is 1. The van der Waals surface area contributed by atoms with Gasteiger partial charge in [0.15, 0.2) is 5.58 Å². The molecule has 1 aliphatic heterocycles. The van der Waals surface area contributed by atoms with E-state index in [9.17, 15) is 24.5 Å². The van der Waals surface area contributed by atoms with E-state index in [0.29, 0.717) is 51.2 Å². The molecule has 2 heterocycles.